The van der Waals surface area contributed by atoms with Crippen molar-refractivity contribution in [1.29, 1.82) is 0 Å². The quantitative estimate of drug-likeness (QED) is 0.132. The van der Waals surface area contributed by atoms with E-state index < -0.39 is 12.2 Å². The lowest BCUT2D eigenvalue weighted by Crippen LogP contribution is -2.52. The van der Waals surface area contributed by atoms with Crippen LogP contribution in [0.25, 0.3) is 0 Å². The van der Waals surface area contributed by atoms with Gasteiger partial charge in [-0.3, -0.25) is 9.80 Å². The molecule has 0 aliphatic carbocycles. The van der Waals surface area contributed by atoms with Crippen LogP contribution >= 0.6 is 0 Å². The molecule has 6 aromatic rings. The van der Waals surface area contributed by atoms with Crippen LogP contribution in [0.15, 0.2) is 170 Å². The van der Waals surface area contributed by atoms with Gasteiger partial charge in [0.05, 0.1) is 24.3 Å². The molecule has 284 valence electrons. The molecule has 0 amide bonds. The van der Waals surface area contributed by atoms with Crippen LogP contribution in [0.2, 0.25) is 0 Å². The summed E-state index contributed by atoms with van der Waals surface area (Å²) in [5.41, 5.74) is 10.2. The molecule has 0 radical (unpaired) electrons. The first-order valence-corrected chi connectivity index (χ1v) is 20.3. The summed E-state index contributed by atoms with van der Waals surface area (Å²) in [6.07, 6.45) is -1.02. The number of hydrogen-bond donors (Lipinski definition) is 2. The van der Waals surface area contributed by atoms with Crippen molar-refractivity contribution in [3.63, 3.8) is 0 Å². The largest absolute Gasteiger partial charge is 0.390 e. The van der Waals surface area contributed by atoms with Crippen LogP contribution in [0.5, 0.6) is 0 Å². The fourth-order valence-electron chi connectivity index (χ4n) is 9.86. The number of β-amino-alcohol motifs (C(OH)–C–C–N with tert-alkyl or cyclic N) is 2. The third-order valence-corrected chi connectivity index (χ3v) is 12.3. The second-order valence-corrected chi connectivity index (χ2v) is 15.8. The van der Waals surface area contributed by atoms with E-state index in [-0.39, 0.29) is 23.9 Å². The fourth-order valence-corrected chi connectivity index (χ4v) is 9.86. The first kappa shape index (κ1) is 36.4. The van der Waals surface area contributed by atoms with Crippen molar-refractivity contribution in [3.05, 3.63) is 203 Å². The summed E-state index contributed by atoms with van der Waals surface area (Å²) in [5.74, 6) is 0.358. The molecule has 0 bridgehead atoms. The number of fused-ring (bicyclic) bond motifs is 2. The standard InChI is InChI=1S/C50H52N4O2/c55-41(35-53-45-27-15-13-25-43(45)47(37-17-5-1-6-18-37)49(53)39-21-9-3-10-22-39)33-51-29-31-52(32-30-51)34-42(56)36-54-46-28-16-14-26-44(46)48(38-19-7-2-8-20-38)50(54)40-23-11-4-12-24-40/h1-28,41-42,47-50,55-56H,29-36H2/t41-,42+,47-,48+,49-,50-/m0/s1. The summed E-state index contributed by atoms with van der Waals surface area (Å²) in [7, 11) is 0. The van der Waals surface area contributed by atoms with E-state index in [2.05, 4.69) is 189 Å². The molecule has 3 heterocycles. The lowest BCUT2D eigenvalue weighted by molar-refractivity contribution is 0.0512. The molecule has 0 spiro atoms. The predicted octanol–water partition coefficient (Wildman–Crippen LogP) is 8.11. The summed E-state index contributed by atoms with van der Waals surface area (Å²) in [4.78, 5) is 9.69. The second kappa shape index (κ2) is 16.5. The monoisotopic (exact) mass is 740 g/mol. The van der Waals surface area contributed by atoms with Gasteiger partial charge in [-0.2, -0.15) is 0 Å². The number of rotatable bonds is 12. The lowest BCUT2D eigenvalue weighted by atomic mass is 9.84. The highest BCUT2D eigenvalue weighted by atomic mass is 16.3. The van der Waals surface area contributed by atoms with Crippen molar-refractivity contribution < 1.29 is 10.2 Å². The van der Waals surface area contributed by atoms with Crippen LogP contribution in [0.3, 0.4) is 0 Å². The molecule has 6 aromatic carbocycles. The van der Waals surface area contributed by atoms with Gasteiger partial charge in [0.1, 0.15) is 0 Å². The average molecular weight is 741 g/mol. The molecule has 6 atom stereocenters. The maximum atomic E-state index is 11.7. The van der Waals surface area contributed by atoms with Crippen molar-refractivity contribution in [2.45, 2.75) is 36.1 Å². The molecule has 2 N–H and O–H groups in total. The minimum Gasteiger partial charge on any atom is -0.390 e. The van der Waals surface area contributed by atoms with Crippen LogP contribution in [-0.2, 0) is 0 Å². The molecule has 1 saturated heterocycles. The number of anilines is 2. The Morgan fingerprint density at radius 3 is 1.04 bits per heavy atom. The van der Waals surface area contributed by atoms with Crippen LogP contribution in [0.1, 0.15) is 57.3 Å². The van der Waals surface area contributed by atoms with Gasteiger partial charge in [0.25, 0.3) is 0 Å². The van der Waals surface area contributed by atoms with Gasteiger partial charge in [-0.25, -0.2) is 0 Å². The lowest BCUT2D eigenvalue weighted by Gasteiger charge is -2.39. The molecule has 6 nitrogen and oxygen atoms in total. The Labute approximate surface area is 331 Å². The van der Waals surface area contributed by atoms with Crippen molar-refractivity contribution in [1.82, 2.24) is 9.80 Å². The van der Waals surface area contributed by atoms with Crippen molar-refractivity contribution >= 4 is 11.4 Å². The Hall–Kier alpha value is -5.24. The van der Waals surface area contributed by atoms with E-state index in [1.54, 1.807) is 0 Å². The Balaban J connectivity index is 0.852. The zero-order chi connectivity index (χ0) is 37.8. The fraction of sp³-hybridized carbons (Fsp3) is 0.280. The zero-order valence-electron chi connectivity index (χ0n) is 32.0. The Morgan fingerprint density at radius 1 is 0.375 bits per heavy atom. The van der Waals surface area contributed by atoms with E-state index in [4.69, 9.17) is 0 Å². The highest BCUT2D eigenvalue weighted by Gasteiger charge is 2.42. The molecule has 1 fully saturated rings. The first-order valence-electron chi connectivity index (χ1n) is 20.3. The number of aliphatic hydroxyl groups is 2. The van der Waals surface area contributed by atoms with Gasteiger partial charge in [-0.05, 0) is 45.5 Å². The summed E-state index contributed by atoms with van der Waals surface area (Å²) in [6, 6.07) is 60.8. The van der Waals surface area contributed by atoms with E-state index in [0.29, 0.717) is 26.2 Å². The van der Waals surface area contributed by atoms with E-state index in [9.17, 15) is 10.2 Å². The van der Waals surface area contributed by atoms with E-state index in [1.165, 1.54) is 44.8 Å². The predicted molar refractivity (Wildman–Crippen MR) is 227 cm³/mol. The topological polar surface area (TPSA) is 53.4 Å². The molecule has 3 aliphatic heterocycles. The number of aliphatic hydroxyl groups excluding tert-OH is 2. The van der Waals surface area contributed by atoms with Crippen molar-refractivity contribution in [2.75, 3.05) is 62.2 Å². The normalized spacial score (nSPS) is 22.1. The maximum absolute atomic E-state index is 11.7. The summed E-state index contributed by atoms with van der Waals surface area (Å²) in [5, 5.41) is 23.5. The van der Waals surface area contributed by atoms with Gasteiger partial charge in [-0.15, -0.1) is 0 Å². The van der Waals surface area contributed by atoms with Crippen LogP contribution in [-0.4, -0.2) is 84.6 Å². The SMILES string of the molecule is O[C@H](CN1CCN(C[C@H](O)CN2c3ccccc3[C@H](c3ccccc3)[C@@H]2c2ccccc2)CC1)CN1c2ccccc2[C@@H](c2ccccc2)[C@@H]1c1ccccc1. The number of hydrogen-bond acceptors (Lipinski definition) is 6. The van der Waals surface area contributed by atoms with E-state index >= 15 is 0 Å². The first-order chi connectivity index (χ1) is 27.6. The van der Waals surface area contributed by atoms with Gasteiger partial charge in [-0.1, -0.05) is 158 Å². The molecule has 0 unspecified atom stereocenters. The summed E-state index contributed by atoms with van der Waals surface area (Å²) < 4.78 is 0. The van der Waals surface area contributed by atoms with Gasteiger partial charge < -0.3 is 20.0 Å². The summed E-state index contributed by atoms with van der Waals surface area (Å²) in [6.45, 7) is 5.82. The number of piperazine rings is 1. The molecule has 0 saturated carbocycles. The van der Waals surface area contributed by atoms with E-state index in [1.807, 2.05) is 0 Å². The third-order valence-electron chi connectivity index (χ3n) is 12.3. The average Bonchev–Trinajstić information content (AvgIpc) is 3.75. The molecular formula is C50H52N4O2. The number of nitrogens with zero attached hydrogens (tertiary/aromatic N) is 4. The smallest absolute Gasteiger partial charge is 0.0841 e. The molecule has 0 aromatic heterocycles. The van der Waals surface area contributed by atoms with Gasteiger partial charge >= 0.3 is 0 Å². The van der Waals surface area contributed by atoms with Gasteiger partial charge in [0.2, 0.25) is 0 Å². The Bertz CT molecular complexity index is 2000. The number of para-hydroxylation sites is 2. The Morgan fingerprint density at radius 2 is 0.679 bits per heavy atom. The third kappa shape index (κ3) is 7.38. The minimum absolute atomic E-state index is 0.0935. The van der Waals surface area contributed by atoms with Crippen LogP contribution in [0.4, 0.5) is 11.4 Å². The zero-order valence-corrected chi connectivity index (χ0v) is 32.0. The second-order valence-electron chi connectivity index (χ2n) is 15.8. The van der Waals surface area contributed by atoms with Gasteiger partial charge in [0, 0.05) is 75.6 Å². The summed E-state index contributed by atoms with van der Waals surface area (Å²) >= 11 is 0. The molecule has 9 rings (SSSR count). The highest BCUT2D eigenvalue weighted by molar-refractivity contribution is 5.67. The van der Waals surface area contributed by atoms with E-state index in [0.717, 1.165) is 26.2 Å². The van der Waals surface area contributed by atoms with Crippen LogP contribution in [0, 0.1) is 0 Å². The minimum atomic E-state index is -0.511. The molecule has 3 aliphatic rings. The maximum Gasteiger partial charge on any atom is 0.0841 e. The van der Waals surface area contributed by atoms with Crippen LogP contribution < -0.4 is 9.80 Å². The van der Waals surface area contributed by atoms with Crippen molar-refractivity contribution in [3.8, 4) is 0 Å². The molecular weight excluding hydrogens is 689 g/mol. The Kier molecular flexibility index (Phi) is 10.7. The van der Waals surface area contributed by atoms with Crippen molar-refractivity contribution in [2.24, 2.45) is 0 Å². The highest BCUT2D eigenvalue weighted by Crippen LogP contribution is 2.53. The molecule has 6 heteroatoms. The van der Waals surface area contributed by atoms with Gasteiger partial charge in [0.15, 0.2) is 0 Å². The number of benzene rings is 6. The molecule has 56 heavy (non-hydrogen) atoms.